The van der Waals surface area contributed by atoms with E-state index in [1.54, 1.807) is 30.3 Å². The van der Waals surface area contributed by atoms with E-state index in [9.17, 15) is 18.0 Å². The van der Waals surface area contributed by atoms with Crippen molar-refractivity contribution in [3.8, 4) is 5.75 Å². The van der Waals surface area contributed by atoms with Crippen molar-refractivity contribution in [2.75, 3.05) is 11.8 Å². The van der Waals surface area contributed by atoms with Crippen LogP contribution in [0.15, 0.2) is 65.6 Å². The van der Waals surface area contributed by atoms with Crippen LogP contribution < -0.4 is 20.3 Å². The second-order valence-corrected chi connectivity index (χ2v) is 9.29. The summed E-state index contributed by atoms with van der Waals surface area (Å²) in [4.78, 5) is 24.6. The summed E-state index contributed by atoms with van der Waals surface area (Å²) in [5.74, 6) is -0.895. The molecule has 0 fully saturated rings. The molecule has 3 N–H and O–H groups in total. The molecular formula is C23H22ClN3O5S. The van der Waals surface area contributed by atoms with Gasteiger partial charge in [0.25, 0.3) is 21.8 Å². The molecule has 8 nitrogen and oxygen atoms in total. The maximum absolute atomic E-state index is 12.9. The number of hydrogen-bond donors (Lipinski definition) is 3. The van der Waals surface area contributed by atoms with Crippen molar-refractivity contribution in [2.24, 2.45) is 0 Å². The lowest BCUT2D eigenvalue weighted by Gasteiger charge is -2.14. The van der Waals surface area contributed by atoms with E-state index in [4.69, 9.17) is 16.3 Å². The summed E-state index contributed by atoms with van der Waals surface area (Å²) < 4.78 is 33.4. The lowest BCUT2D eigenvalue weighted by Crippen LogP contribution is -2.41. The summed E-state index contributed by atoms with van der Waals surface area (Å²) in [5.41, 5.74) is 7.00. The van der Waals surface area contributed by atoms with E-state index in [2.05, 4.69) is 15.6 Å². The van der Waals surface area contributed by atoms with Gasteiger partial charge in [-0.1, -0.05) is 40.9 Å². The summed E-state index contributed by atoms with van der Waals surface area (Å²) in [6.45, 7) is 3.72. The Labute approximate surface area is 196 Å². The molecule has 3 aromatic carbocycles. The molecule has 0 aliphatic heterocycles. The smallest absolute Gasteiger partial charge is 0.269 e. The van der Waals surface area contributed by atoms with Gasteiger partial charge in [0, 0.05) is 11.1 Å². The van der Waals surface area contributed by atoms with E-state index < -0.39 is 21.8 Å². The summed E-state index contributed by atoms with van der Waals surface area (Å²) in [5, 5.41) is -0.0757. The minimum Gasteiger partial charge on any atom is -0.495 e. The van der Waals surface area contributed by atoms with Crippen LogP contribution in [0.1, 0.15) is 31.8 Å². The normalized spacial score (nSPS) is 10.9. The molecule has 172 valence electrons. The highest BCUT2D eigenvalue weighted by Gasteiger charge is 2.22. The number of anilines is 1. The number of methoxy groups -OCH3 is 1. The molecule has 0 aliphatic rings. The van der Waals surface area contributed by atoms with Gasteiger partial charge in [-0.05, 0) is 56.3 Å². The Morgan fingerprint density at radius 1 is 0.848 bits per heavy atom. The first-order chi connectivity index (χ1) is 15.6. The predicted octanol–water partition coefficient (Wildman–Crippen LogP) is 3.84. The Balaban J connectivity index is 1.78. The van der Waals surface area contributed by atoms with Crippen molar-refractivity contribution in [2.45, 2.75) is 18.7 Å². The molecule has 0 bridgehead atoms. The van der Waals surface area contributed by atoms with E-state index in [0.717, 1.165) is 17.2 Å². The second-order valence-electron chi connectivity index (χ2n) is 7.24. The molecule has 3 aromatic rings. The SMILES string of the molecule is COc1ccccc1NS(=O)(=O)c1cc(C(=O)NNC(=O)c2cc(C)cc(C)c2)ccc1Cl. The molecular weight excluding hydrogens is 466 g/mol. The zero-order chi connectivity index (χ0) is 24.2. The van der Waals surface area contributed by atoms with Gasteiger partial charge in [0.15, 0.2) is 0 Å². The quantitative estimate of drug-likeness (QED) is 0.457. The standard InChI is InChI=1S/C23H22ClN3O5S/c1-14-10-15(2)12-17(11-14)23(29)26-25-22(28)16-8-9-18(24)21(13-16)33(30,31)27-19-6-4-5-7-20(19)32-3/h4-13,27H,1-3H3,(H,25,28)(H,26,29). The highest BCUT2D eigenvalue weighted by atomic mass is 35.5. The van der Waals surface area contributed by atoms with Crippen molar-refractivity contribution in [3.63, 3.8) is 0 Å². The van der Waals surface area contributed by atoms with Crippen molar-refractivity contribution in [1.29, 1.82) is 0 Å². The van der Waals surface area contributed by atoms with Gasteiger partial charge >= 0.3 is 0 Å². The van der Waals surface area contributed by atoms with Gasteiger partial charge in [-0.15, -0.1) is 0 Å². The molecule has 0 aliphatic carbocycles. The number of ether oxygens (including phenoxy) is 1. The molecule has 0 radical (unpaired) electrons. The number of hydrogen-bond acceptors (Lipinski definition) is 5. The number of para-hydroxylation sites is 2. The largest absolute Gasteiger partial charge is 0.495 e. The van der Waals surface area contributed by atoms with Crippen LogP contribution in [-0.2, 0) is 10.0 Å². The van der Waals surface area contributed by atoms with Crippen molar-refractivity contribution in [3.05, 3.63) is 87.9 Å². The minimum atomic E-state index is -4.15. The number of carbonyl (C=O) groups is 2. The maximum atomic E-state index is 12.9. The minimum absolute atomic E-state index is 0.0134. The van der Waals surface area contributed by atoms with Crippen molar-refractivity contribution < 1.29 is 22.7 Å². The van der Waals surface area contributed by atoms with Crippen LogP contribution in [0.25, 0.3) is 0 Å². The van der Waals surface area contributed by atoms with E-state index in [-0.39, 0.29) is 21.2 Å². The van der Waals surface area contributed by atoms with E-state index in [0.29, 0.717) is 11.3 Å². The zero-order valence-corrected chi connectivity index (χ0v) is 19.7. The van der Waals surface area contributed by atoms with Gasteiger partial charge in [0.2, 0.25) is 0 Å². The Morgan fingerprint density at radius 3 is 2.09 bits per heavy atom. The average molecular weight is 488 g/mol. The van der Waals surface area contributed by atoms with Crippen LogP contribution >= 0.6 is 11.6 Å². The Hall–Kier alpha value is -3.56. The number of hydrazine groups is 1. The van der Waals surface area contributed by atoms with Crippen LogP contribution in [-0.4, -0.2) is 27.3 Å². The summed E-state index contributed by atoms with van der Waals surface area (Å²) in [7, 11) is -2.73. The number of amides is 2. The molecule has 33 heavy (non-hydrogen) atoms. The van der Waals surface area contributed by atoms with Gasteiger partial charge in [0.1, 0.15) is 10.6 Å². The highest BCUT2D eigenvalue weighted by Crippen LogP contribution is 2.29. The van der Waals surface area contributed by atoms with Gasteiger partial charge in [-0.3, -0.25) is 25.2 Å². The Bertz CT molecular complexity index is 1310. The van der Waals surface area contributed by atoms with Gasteiger partial charge in [-0.25, -0.2) is 8.42 Å². The molecule has 2 amide bonds. The van der Waals surface area contributed by atoms with Crippen molar-refractivity contribution >= 4 is 39.1 Å². The molecule has 0 atom stereocenters. The first-order valence-electron chi connectivity index (χ1n) is 9.75. The molecule has 0 saturated heterocycles. The zero-order valence-electron chi connectivity index (χ0n) is 18.1. The molecule has 0 spiro atoms. The Kier molecular flexibility index (Phi) is 7.25. The molecule has 3 rings (SSSR count). The first kappa shape index (κ1) is 24.1. The number of rotatable bonds is 6. The van der Waals surface area contributed by atoms with Crippen molar-refractivity contribution in [1.82, 2.24) is 10.9 Å². The van der Waals surface area contributed by atoms with Crippen LogP contribution in [0.4, 0.5) is 5.69 Å². The monoisotopic (exact) mass is 487 g/mol. The second kappa shape index (κ2) is 9.93. The molecule has 0 unspecified atom stereocenters. The topological polar surface area (TPSA) is 114 Å². The number of carbonyl (C=O) groups excluding carboxylic acids is 2. The summed E-state index contributed by atoms with van der Waals surface area (Å²) in [6.07, 6.45) is 0. The molecule has 0 aromatic heterocycles. The third-order valence-corrected chi connectivity index (χ3v) is 6.45. The fourth-order valence-corrected chi connectivity index (χ4v) is 4.74. The number of sulfonamides is 1. The van der Waals surface area contributed by atoms with Crippen LogP contribution in [0.5, 0.6) is 5.75 Å². The van der Waals surface area contributed by atoms with Gasteiger partial charge < -0.3 is 4.74 Å². The van der Waals surface area contributed by atoms with Gasteiger partial charge in [0.05, 0.1) is 17.8 Å². The van der Waals surface area contributed by atoms with Crippen LogP contribution in [0.2, 0.25) is 5.02 Å². The van der Waals surface area contributed by atoms with Gasteiger partial charge in [-0.2, -0.15) is 0 Å². The lowest BCUT2D eigenvalue weighted by molar-refractivity contribution is 0.0846. The molecule has 0 heterocycles. The number of halogens is 1. The Morgan fingerprint density at radius 2 is 1.45 bits per heavy atom. The fourth-order valence-electron chi connectivity index (χ4n) is 3.14. The van der Waals surface area contributed by atoms with Crippen LogP contribution in [0, 0.1) is 13.8 Å². The summed E-state index contributed by atoms with van der Waals surface area (Å²) >= 11 is 6.11. The number of aryl methyl sites for hydroxylation is 2. The third-order valence-electron chi connectivity index (χ3n) is 4.61. The van der Waals surface area contributed by atoms with Crippen LogP contribution in [0.3, 0.4) is 0 Å². The predicted molar refractivity (Wildman–Crippen MR) is 126 cm³/mol. The average Bonchev–Trinajstić information content (AvgIpc) is 2.76. The third kappa shape index (κ3) is 5.82. The molecule has 0 saturated carbocycles. The fraction of sp³-hybridized carbons (Fsp3) is 0.130. The highest BCUT2D eigenvalue weighted by molar-refractivity contribution is 7.92. The number of benzene rings is 3. The van der Waals surface area contributed by atoms with E-state index in [1.165, 1.54) is 25.3 Å². The summed E-state index contributed by atoms with van der Waals surface area (Å²) in [6, 6.07) is 15.5. The number of nitrogens with one attached hydrogen (secondary N) is 3. The van der Waals surface area contributed by atoms with E-state index >= 15 is 0 Å². The molecule has 10 heteroatoms. The first-order valence-corrected chi connectivity index (χ1v) is 11.6. The van der Waals surface area contributed by atoms with E-state index in [1.807, 2.05) is 19.9 Å². The lowest BCUT2D eigenvalue weighted by atomic mass is 10.1. The maximum Gasteiger partial charge on any atom is 0.269 e.